The second-order valence-electron chi connectivity index (χ2n) is 6.09. The summed E-state index contributed by atoms with van der Waals surface area (Å²) in [5, 5.41) is 11.8. The number of nitrogens with one attached hydrogen (secondary N) is 1. The Morgan fingerprint density at radius 1 is 1.32 bits per heavy atom. The first kappa shape index (κ1) is 17.6. The summed E-state index contributed by atoms with van der Waals surface area (Å²) in [4.78, 5) is 12.3. The van der Waals surface area contributed by atoms with Crippen LogP contribution in [0.4, 0.5) is 0 Å². The van der Waals surface area contributed by atoms with Gasteiger partial charge in [0.1, 0.15) is 5.76 Å². The number of amides is 1. The van der Waals surface area contributed by atoms with Crippen LogP contribution in [0.2, 0.25) is 0 Å². The topological polar surface area (TPSA) is 125 Å². The number of carbonyl (C=O) groups is 1. The molecule has 0 aliphatic carbocycles. The van der Waals surface area contributed by atoms with Gasteiger partial charge in [0, 0.05) is 24.0 Å². The first-order valence-corrected chi connectivity index (χ1v) is 9.31. The second-order valence-corrected chi connectivity index (χ2v) is 7.65. The molecule has 1 fully saturated rings. The van der Waals surface area contributed by atoms with Crippen molar-refractivity contribution in [2.45, 2.75) is 24.3 Å². The molecule has 3 N–H and O–H groups in total. The number of rotatable bonds is 5. The number of aromatic nitrogens is 1. The zero-order valence-corrected chi connectivity index (χ0v) is 14.5. The van der Waals surface area contributed by atoms with Gasteiger partial charge < -0.3 is 14.6 Å². The highest BCUT2D eigenvalue weighted by molar-refractivity contribution is 7.89. The lowest BCUT2D eigenvalue weighted by molar-refractivity contribution is 0.0924. The van der Waals surface area contributed by atoms with Gasteiger partial charge in [0.15, 0.2) is 0 Å². The van der Waals surface area contributed by atoms with Crippen LogP contribution in [0.25, 0.3) is 0 Å². The van der Waals surface area contributed by atoms with Crippen molar-refractivity contribution in [3.05, 3.63) is 47.3 Å². The van der Waals surface area contributed by atoms with E-state index in [2.05, 4.69) is 10.5 Å². The number of benzene rings is 1. The Bertz CT molecular complexity index is 860. The second kappa shape index (κ2) is 6.95. The van der Waals surface area contributed by atoms with Gasteiger partial charge in [0.05, 0.1) is 29.8 Å². The molecular weight excluding hydrogens is 346 g/mol. The Balaban J connectivity index is 1.65. The van der Waals surface area contributed by atoms with Crippen LogP contribution < -0.4 is 10.5 Å². The summed E-state index contributed by atoms with van der Waals surface area (Å²) in [6, 6.07) is 7.19. The molecule has 1 aromatic carbocycles. The largest absolute Gasteiger partial charge is 0.379 e. The maximum atomic E-state index is 12.4. The molecule has 1 aliphatic heterocycles. The monoisotopic (exact) mass is 365 g/mol. The van der Waals surface area contributed by atoms with E-state index in [0.717, 1.165) is 11.5 Å². The number of carbonyl (C=O) groups excluding carboxylic acids is 1. The maximum absolute atomic E-state index is 12.4. The zero-order chi connectivity index (χ0) is 18.0. The molecule has 1 aromatic heterocycles. The van der Waals surface area contributed by atoms with Crippen molar-refractivity contribution in [3.8, 4) is 0 Å². The van der Waals surface area contributed by atoms with Crippen molar-refractivity contribution in [1.29, 1.82) is 0 Å². The molecule has 9 heteroatoms. The van der Waals surface area contributed by atoms with Crippen LogP contribution in [0.15, 0.2) is 39.8 Å². The first-order chi connectivity index (χ1) is 11.8. The molecule has 0 unspecified atom stereocenters. The molecule has 1 amide bonds. The van der Waals surface area contributed by atoms with Crippen molar-refractivity contribution in [3.63, 3.8) is 0 Å². The van der Waals surface area contributed by atoms with Crippen LogP contribution in [0.5, 0.6) is 0 Å². The molecule has 0 bridgehead atoms. The predicted octanol–water partition coefficient (Wildman–Crippen LogP) is 0.618. The third kappa shape index (κ3) is 4.25. The number of ether oxygens (including phenoxy) is 1. The lowest BCUT2D eigenvalue weighted by Crippen LogP contribution is -2.40. The lowest BCUT2D eigenvalue weighted by atomic mass is 9.98. The Kier molecular flexibility index (Phi) is 4.89. The van der Waals surface area contributed by atoms with Gasteiger partial charge in [-0.3, -0.25) is 4.79 Å². The standard InChI is InChI=1S/C16H19N3O5S/c1-10-6-13(24-19-10)7-12-8-23-9-15(12)18-16(20)11-2-4-14(5-3-11)25(17,21)22/h2-6,12,15H,7-9H2,1H3,(H,18,20)(H2,17,21,22)/t12-,15+/m1/s1. The average molecular weight is 365 g/mol. The van der Waals surface area contributed by atoms with E-state index in [1.807, 2.05) is 13.0 Å². The number of hydrogen-bond acceptors (Lipinski definition) is 6. The van der Waals surface area contributed by atoms with Crippen LogP contribution in [0, 0.1) is 12.8 Å². The van der Waals surface area contributed by atoms with E-state index in [1.54, 1.807) is 0 Å². The fraction of sp³-hybridized carbons (Fsp3) is 0.375. The number of hydrogen-bond donors (Lipinski definition) is 2. The van der Waals surface area contributed by atoms with Gasteiger partial charge >= 0.3 is 0 Å². The van der Waals surface area contributed by atoms with Gasteiger partial charge in [-0.25, -0.2) is 13.6 Å². The first-order valence-electron chi connectivity index (χ1n) is 7.76. The van der Waals surface area contributed by atoms with Gasteiger partial charge in [-0.1, -0.05) is 5.16 Å². The van der Waals surface area contributed by atoms with Crippen LogP contribution >= 0.6 is 0 Å². The van der Waals surface area contributed by atoms with Crippen LogP contribution in [-0.4, -0.2) is 38.7 Å². The normalized spacial score (nSPS) is 20.6. The summed E-state index contributed by atoms with van der Waals surface area (Å²) in [5.74, 6) is 0.542. The molecule has 1 aliphatic rings. The van der Waals surface area contributed by atoms with E-state index in [9.17, 15) is 13.2 Å². The van der Waals surface area contributed by atoms with E-state index < -0.39 is 10.0 Å². The van der Waals surface area contributed by atoms with Gasteiger partial charge in [-0.05, 0) is 31.2 Å². The van der Waals surface area contributed by atoms with Gasteiger partial charge in [0.2, 0.25) is 10.0 Å². The van der Waals surface area contributed by atoms with Gasteiger partial charge in [-0.2, -0.15) is 0 Å². The summed E-state index contributed by atoms with van der Waals surface area (Å²) in [6.07, 6.45) is 0.621. The molecule has 0 radical (unpaired) electrons. The van der Waals surface area contributed by atoms with Crippen LogP contribution in [0.1, 0.15) is 21.8 Å². The van der Waals surface area contributed by atoms with Crippen molar-refractivity contribution in [1.82, 2.24) is 10.5 Å². The van der Waals surface area contributed by atoms with Crippen LogP contribution in [0.3, 0.4) is 0 Å². The quantitative estimate of drug-likeness (QED) is 0.800. The smallest absolute Gasteiger partial charge is 0.251 e. The number of sulfonamides is 1. The van der Waals surface area contributed by atoms with E-state index in [4.69, 9.17) is 14.4 Å². The molecule has 25 heavy (non-hydrogen) atoms. The highest BCUT2D eigenvalue weighted by Crippen LogP contribution is 2.20. The average Bonchev–Trinajstić information content (AvgIpc) is 3.16. The lowest BCUT2D eigenvalue weighted by Gasteiger charge is -2.18. The minimum absolute atomic E-state index is 0.0354. The Morgan fingerprint density at radius 3 is 2.64 bits per heavy atom. The number of aryl methyl sites for hydroxylation is 1. The Hall–Kier alpha value is -2.23. The fourth-order valence-corrected chi connectivity index (χ4v) is 3.29. The third-order valence-corrected chi connectivity index (χ3v) is 5.03. The molecule has 8 nitrogen and oxygen atoms in total. The SMILES string of the molecule is Cc1cc(C[C@@H]2COC[C@@H]2NC(=O)c2ccc(S(N)(=O)=O)cc2)on1. The molecule has 2 aromatic rings. The fourth-order valence-electron chi connectivity index (χ4n) is 2.78. The number of nitrogens with zero attached hydrogens (tertiary/aromatic N) is 1. The number of nitrogens with two attached hydrogens (primary N) is 1. The highest BCUT2D eigenvalue weighted by Gasteiger charge is 2.31. The summed E-state index contributed by atoms with van der Waals surface area (Å²) in [6.45, 7) is 2.79. The molecule has 2 heterocycles. The maximum Gasteiger partial charge on any atom is 0.251 e. The van der Waals surface area contributed by atoms with E-state index in [0.29, 0.717) is 25.2 Å². The van der Waals surface area contributed by atoms with Crippen molar-refractivity contribution < 1.29 is 22.5 Å². The van der Waals surface area contributed by atoms with Crippen molar-refractivity contribution in [2.24, 2.45) is 11.1 Å². The Morgan fingerprint density at radius 2 is 2.04 bits per heavy atom. The Labute approximate surface area is 145 Å². The molecule has 3 rings (SSSR count). The van der Waals surface area contributed by atoms with Crippen molar-refractivity contribution >= 4 is 15.9 Å². The van der Waals surface area contributed by atoms with Gasteiger partial charge in [-0.15, -0.1) is 0 Å². The minimum Gasteiger partial charge on any atom is -0.379 e. The van der Waals surface area contributed by atoms with E-state index in [-0.39, 0.29) is 22.8 Å². The van der Waals surface area contributed by atoms with E-state index in [1.165, 1.54) is 24.3 Å². The molecular formula is C16H19N3O5S. The predicted molar refractivity (Wildman–Crippen MR) is 88.3 cm³/mol. The molecule has 1 saturated heterocycles. The molecule has 134 valence electrons. The minimum atomic E-state index is -3.78. The molecule has 0 spiro atoms. The third-order valence-electron chi connectivity index (χ3n) is 4.10. The van der Waals surface area contributed by atoms with Gasteiger partial charge in [0.25, 0.3) is 5.91 Å². The summed E-state index contributed by atoms with van der Waals surface area (Å²) in [7, 11) is -3.78. The van der Waals surface area contributed by atoms with Crippen LogP contribution in [-0.2, 0) is 21.2 Å². The summed E-state index contributed by atoms with van der Waals surface area (Å²) >= 11 is 0. The highest BCUT2D eigenvalue weighted by atomic mass is 32.2. The number of primary sulfonamides is 1. The summed E-state index contributed by atoms with van der Waals surface area (Å²) < 4.78 is 33.2. The van der Waals surface area contributed by atoms with Crippen molar-refractivity contribution in [2.75, 3.05) is 13.2 Å². The van der Waals surface area contributed by atoms with E-state index >= 15 is 0 Å². The molecule has 2 atom stereocenters. The summed E-state index contributed by atoms with van der Waals surface area (Å²) in [5.41, 5.74) is 1.16. The molecule has 0 saturated carbocycles. The zero-order valence-electron chi connectivity index (χ0n) is 13.6.